The summed E-state index contributed by atoms with van der Waals surface area (Å²) in [7, 11) is 4.47. The van der Waals surface area contributed by atoms with Crippen molar-refractivity contribution in [3.8, 4) is 28.7 Å². The van der Waals surface area contributed by atoms with Crippen LogP contribution in [0.1, 0.15) is 28.6 Å². The largest absolute Gasteiger partial charge is 0.493 e. The second-order valence-electron chi connectivity index (χ2n) is 7.26. The molecule has 1 aliphatic heterocycles. The molecule has 36 heavy (non-hydrogen) atoms. The van der Waals surface area contributed by atoms with Gasteiger partial charge < -0.3 is 32.8 Å². The van der Waals surface area contributed by atoms with Gasteiger partial charge >= 0.3 is 11.9 Å². The molecular formula is C26H23NO9. The average molecular weight is 493 g/mol. The van der Waals surface area contributed by atoms with Crippen LogP contribution in [-0.2, 0) is 9.53 Å². The van der Waals surface area contributed by atoms with Crippen LogP contribution in [-0.4, -0.2) is 45.8 Å². The van der Waals surface area contributed by atoms with Gasteiger partial charge in [-0.1, -0.05) is 6.07 Å². The summed E-state index contributed by atoms with van der Waals surface area (Å²) in [5, 5.41) is 0. The number of esters is 2. The average Bonchev–Trinajstić information content (AvgIpc) is 3.55. The fourth-order valence-electron chi connectivity index (χ4n) is 3.41. The third-order valence-electron chi connectivity index (χ3n) is 5.03. The highest BCUT2D eigenvalue weighted by molar-refractivity contribution is 6.13. The first kappa shape index (κ1) is 24.4. The summed E-state index contributed by atoms with van der Waals surface area (Å²) < 4.78 is 37.5. The fraction of sp³-hybridized carbons (Fsp3) is 0.192. The van der Waals surface area contributed by atoms with E-state index in [-0.39, 0.29) is 23.1 Å². The third kappa shape index (κ3) is 5.02. The zero-order chi connectivity index (χ0) is 25.7. The molecule has 3 aromatic rings. The lowest BCUT2D eigenvalue weighted by Crippen LogP contribution is -2.08. The summed E-state index contributed by atoms with van der Waals surface area (Å²) in [6, 6.07) is 11.2. The number of nitrogens with zero attached hydrogens (tertiary/aromatic N) is 1. The predicted octanol–water partition coefficient (Wildman–Crippen LogP) is 4.27. The molecule has 0 bridgehead atoms. The van der Waals surface area contributed by atoms with Gasteiger partial charge in [-0.05, 0) is 55.0 Å². The number of hydrogen-bond donors (Lipinski definition) is 0. The highest BCUT2D eigenvalue weighted by atomic mass is 16.6. The Bertz CT molecular complexity index is 1310. The number of cyclic esters (lactones) is 1. The number of carbonyl (C=O) groups is 2. The molecule has 0 amide bonds. The van der Waals surface area contributed by atoms with Gasteiger partial charge in [-0.3, -0.25) is 0 Å². The lowest BCUT2D eigenvalue weighted by atomic mass is 10.1. The molecule has 0 saturated heterocycles. The maximum absolute atomic E-state index is 12.5. The summed E-state index contributed by atoms with van der Waals surface area (Å²) in [5.41, 5.74) is 1.12. The molecule has 186 valence electrons. The zero-order valence-electron chi connectivity index (χ0n) is 20.0. The SMILES string of the molecule is CCOc1cc(/C=C2\N=C(c3cc(OC)c(OC)c(OC)c3)OC2=O)ccc1OC(=O)c1ccco1. The van der Waals surface area contributed by atoms with Gasteiger partial charge in [0.05, 0.1) is 34.2 Å². The summed E-state index contributed by atoms with van der Waals surface area (Å²) in [6.07, 6.45) is 2.91. The Kier molecular flexibility index (Phi) is 7.24. The minimum absolute atomic E-state index is 0.0611. The van der Waals surface area contributed by atoms with Crippen molar-refractivity contribution >= 4 is 23.9 Å². The fourth-order valence-corrected chi connectivity index (χ4v) is 3.41. The number of rotatable bonds is 9. The zero-order valence-corrected chi connectivity index (χ0v) is 20.0. The highest BCUT2D eigenvalue weighted by Gasteiger charge is 2.27. The van der Waals surface area contributed by atoms with Crippen molar-refractivity contribution in [3.05, 3.63) is 71.3 Å². The second kappa shape index (κ2) is 10.7. The van der Waals surface area contributed by atoms with E-state index < -0.39 is 11.9 Å². The summed E-state index contributed by atoms with van der Waals surface area (Å²) in [6.45, 7) is 2.13. The molecule has 0 atom stereocenters. The molecule has 0 spiro atoms. The molecule has 1 aliphatic rings. The van der Waals surface area contributed by atoms with Gasteiger partial charge in [-0.15, -0.1) is 0 Å². The Balaban J connectivity index is 1.63. The topological polar surface area (TPSA) is 115 Å². The minimum Gasteiger partial charge on any atom is -0.493 e. The number of furan rings is 1. The molecule has 10 nitrogen and oxygen atoms in total. The third-order valence-corrected chi connectivity index (χ3v) is 5.03. The van der Waals surface area contributed by atoms with Crippen molar-refractivity contribution in [1.29, 1.82) is 0 Å². The quantitative estimate of drug-likeness (QED) is 0.245. The van der Waals surface area contributed by atoms with Crippen LogP contribution >= 0.6 is 0 Å². The van der Waals surface area contributed by atoms with Crippen LogP contribution < -0.4 is 23.7 Å². The van der Waals surface area contributed by atoms with Gasteiger partial charge in [0.25, 0.3) is 0 Å². The lowest BCUT2D eigenvalue weighted by molar-refractivity contribution is -0.129. The minimum atomic E-state index is -0.661. The Morgan fingerprint density at radius 3 is 2.33 bits per heavy atom. The van der Waals surface area contributed by atoms with Gasteiger partial charge in [0, 0.05) is 5.56 Å². The van der Waals surface area contributed by atoms with Crippen molar-refractivity contribution in [3.63, 3.8) is 0 Å². The van der Waals surface area contributed by atoms with Crippen molar-refractivity contribution in [2.75, 3.05) is 27.9 Å². The molecule has 0 N–H and O–H groups in total. The Labute approximate surface area is 206 Å². The lowest BCUT2D eigenvalue weighted by Gasteiger charge is -2.13. The van der Waals surface area contributed by atoms with E-state index in [0.29, 0.717) is 40.7 Å². The summed E-state index contributed by atoms with van der Waals surface area (Å²) in [5.74, 6) is 0.554. The number of carbonyl (C=O) groups excluding carboxylic acids is 2. The Morgan fingerprint density at radius 1 is 0.972 bits per heavy atom. The smallest absolute Gasteiger partial charge is 0.379 e. The number of methoxy groups -OCH3 is 3. The van der Waals surface area contributed by atoms with Crippen molar-refractivity contribution in [2.24, 2.45) is 4.99 Å². The van der Waals surface area contributed by atoms with E-state index >= 15 is 0 Å². The van der Waals surface area contributed by atoms with Gasteiger partial charge in [0.15, 0.2) is 28.7 Å². The van der Waals surface area contributed by atoms with Crippen LogP contribution in [0.25, 0.3) is 6.08 Å². The van der Waals surface area contributed by atoms with Crippen molar-refractivity contribution < 1.29 is 42.4 Å². The van der Waals surface area contributed by atoms with Crippen molar-refractivity contribution in [2.45, 2.75) is 6.92 Å². The maximum atomic E-state index is 12.5. The van der Waals surface area contributed by atoms with E-state index in [2.05, 4.69) is 4.99 Å². The molecule has 0 saturated carbocycles. The van der Waals surface area contributed by atoms with Gasteiger partial charge in [0.1, 0.15) is 0 Å². The molecular weight excluding hydrogens is 470 g/mol. The van der Waals surface area contributed by atoms with E-state index in [0.717, 1.165) is 0 Å². The van der Waals surface area contributed by atoms with Crippen LogP contribution in [0.4, 0.5) is 0 Å². The van der Waals surface area contributed by atoms with Crippen LogP contribution in [0.15, 0.2) is 63.8 Å². The molecule has 0 aliphatic carbocycles. The van der Waals surface area contributed by atoms with E-state index in [4.69, 9.17) is 32.8 Å². The van der Waals surface area contributed by atoms with Crippen LogP contribution in [0.3, 0.4) is 0 Å². The number of hydrogen-bond acceptors (Lipinski definition) is 10. The van der Waals surface area contributed by atoms with Crippen molar-refractivity contribution in [1.82, 2.24) is 0 Å². The summed E-state index contributed by atoms with van der Waals surface area (Å²) >= 11 is 0. The molecule has 0 fully saturated rings. The summed E-state index contributed by atoms with van der Waals surface area (Å²) in [4.78, 5) is 29.1. The van der Waals surface area contributed by atoms with E-state index in [1.54, 1.807) is 43.3 Å². The second-order valence-corrected chi connectivity index (χ2v) is 7.26. The first-order chi connectivity index (χ1) is 17.5. The molecule has 2 heterocycles. The van der Waals surface area contributed by atoms with Gasteiger partial charge in [0.2, 0.25) is 17.4 Å². The number of ether oxygens (including phenoxy) is 6. The molecule has 1 aromatic heterocycles. The van der Waals surface area contributed by atoms with Crippen LogP contribution in [0.2, 0.25) is 0 Å². The highest BCUT2D eigenvalue weighted by Crippen LogP contribution is 2.39. The van der Waals surface area contributed by atoms with Crippen LogP contribution in [0, 0.1) is 0 Å². The number of aliphatic imine (C=N–C) groups is 1. The molecule has 2 aromatic carbocycles. The standard InChI is InChI=1S/C26H23NO9/c1-5-33-20-12-15(8-9-18(20)35-26(29)19-7-6-10-34-19)11-17-25(28)36-24(27-17)16-13-21(30-2)23(32-4)22(14-16)31-3/h6-14H,5H2,1-4H3/b17-11-. The molecule has 10 heteroatoms. The molecule has 0 radical (unpaired) electrons. The molecule has 4 rings (SSSR count). The normalized spacial score (nSPS) is 13.7. The van der Waals surface area contributed by atoms with Gasteiger partial charge in [-0.25, -0.2) is 14.6 Å². The number of benzene rings is 2. The van der Waals surface area contributed by atoms with E-state index in [1.165, 1.54) is 39.7 Å². The Morgan fingerprint density at radius 2 is 1.72 bits per heavy atom. The predicted molar refractivity (Wildman–Crippen MR) is 128 cm³/mol. The Hall–Kier alpha value is -4.73. The van der Waals surface area contributed by atoms with Crippen LogP contribution in [0.5, 0.6) is 28.7 Å². The van der Waals surface area contributed by atoms with E-state index in [9.17, 15) is 9.59 Å². The molecule has 0 unspecified atom stereocenters. The first-order valence-electron chi connectivity index (χ1n) is 10.8. The van der Waals surface area contributed by atoms with Gasteiger partial charge in [-0.2, -0.15) is 0 Å². The maximum Gasteiger partial charge on any atom is 0.379 e. The van der Waals surface area contributed by atoms with E-state index in [1.807, 2.05) is 0 Å². The monoisotopic (exact) mass is 493 g/mol. The first-order valence-corrected chi connectivity index (χ1v) is 10.8.